The zero-order valence-electron chi connectivity index (χ0n) is 9.64. The molecule has 92 valence electrons. The van der Waals surface area contributed by atoms with E-state index in [0.29, 0.717) is 6.42 Å². The minimum absolute atomic E-state index is 0.282. The van der Waals surface area contributed by atoms with Gasteiger partial charge in [0, 0.05) is 5.31 Å². The maximum absolute atomic E-state index is 11.2. The lowest BCUT2D eigenvalue weighted by molar-refractivity contribution is 0.379. The second-order valence-electron chi connectivity index (χ2n) is 4.29. The molecule has 1 aliphatic carbocycles. The molecule has 2 N–H and O–H groups in total. The third-order valence-electron chi connectivity index (χ3n) is 2.85. The minimum Gasteiger partial charge on any atom is -0.321 e. The molecule has 0 atom stereocenters. The van der Waals surface area contributed by atoms with Gasteiger partial charge in [-0.1, -0.05) is 43.9 Å². The van der Waals surface area contributed by atoms with Crippen LogP contribution >= 0.6 is 7.60 Å². The van der Waals surface area contributed by atoms with Crippen LogP contribution in [-0.2, 0) is 4.57 Å². The Labute approximate surface area is 97.4 Å². The topological polar surface area (TPSA) is 57.5 Å². The molecule has 0 fully saturated rings. The molecule has 0 spiro atoms. The van der Waals surface area contributed by atoms with Gasteiger partial charge in [0.2, 0.25) is 0 Å². The molecule has 0 saturated carbocycles. The van der Waals surface area contributed by atoms with Crippen molar-refractivity contribution in [2.24, 2.45) is 0 Å². The highest BCUT2D eigenvalue weighted by Crippen LogP contribution is 2.47. The molecule has 1 aliphatic rings. The summed E-state index contributed by atoms with van der Waals surface area (Å²) in [5, 5.41) is 0.282. The standard InChI is InChI=1S/C12H21O3P/c13-16(14,15)12-10-8-6-4-2-1-3-5-7-9-11-12/h6,8,10H,1-5,7,9,11H2,(H2,13,14,15). The van der Waals surface area contributed by atoms with Gasteiger partial charge in [0.15, 0.2) is 0 Å². The van der Waals surface area contributed by atoms with E-state index in [4.69, 9.17) is 9.79 Å². The van der Waals surface area contributed by atoms with Crippen LogP contribution in [0.5, 0.6) is 0 Å². The summed E-state index contributed by atoms with van der Waals surface area (Å²) in [7, 11) is -4.04. The highest BCUT2D eigenvalue weighted by Gasteiger charge is 2.19. The fourth-order valence-electron chi connectivity index (χ4n) is 1.88. The Morgan fingerprint density at radius 1 is 1.00 bits per heavy atom. The van der Waals surface area contributed by atoms with Crippen molar-refractivity contribution in [2.75, 3.05) is 0 Å². The molecule has 3 nitrogen and oxygen atoms in total. The van der Waals surface area contributed by atoms with Crippen molar-refractivity contribution in [1.82, 2.24) is 0 Å². The Morgan fingerprint density at radius 2 is 1.62 bits per heavy atom. The van der Waals surface area contributed by atoms with Gasteiger partial charge < -0.3 is 9.79 Å². The molecule has 0 aromatic heterocycles. The van der Waals surface area contributed by atoms with Crippen LogP contribution in [0.3, 0.4) is 0 Å². The van der Waals surface area contributed by atoms with Crippen LogP contribution in [0.15, 0.2) is 23.5 Å². The molecule has 0 amide bonds. The SMILES string of the molecule is O=P(O)(O)C1=CC=CCCCCCCCC1. The van der Waals surface area contributed by atoms with E-state index in [1.54, 1.807) is 12.2 Å². The molecule has 0 aromatic rings. The van der Waals surface area contributed by atoms with Crippen molar-refractivity contribution in [3.8, 4) is 0 Å². The van der Waals surface area contributed by atoms with Gasteiger partial charge in [0.05, 0.1) is 0 Å². The highest BCUT2D eigenvalue weighted by atomic mass is 31.2. The first-order valence-electron chi connectivity index (χ1n) is 6.02. The number of hydrogen-bond acceptors (Lipinski definition) is 1. The van der Waals surface area contributed by atoms with Crippen molar-refractivity contribution >= 4 is 7.60 Å². The average Bonchev–Trinajstić information content (AvgIpc) is 2.16. The molecular formula is C12H21O3P. The van der Waals surface area contributed by atoms with E-state index in [0.717, 1.165) is 19.3 Å². The smallest absolute Gasteiger partial charge is 0.321 e. The van der Waals surface area contributed by atoms with Crippen LogP contribution in [0, 0.1) is 0 Å². The zero-order valence-corrected chi connectivity index (χ0v) is 10.5. The van der Waals surface area contributed by atoms with Gasteiger partial charge in [-0.15, -0.1) is 0 Å². The van der Waals surface area contributed by atoms with Crippen LogP contribution in [-0.4, -0.2) is 9.79 Å². The van der Waals surface area contributed by atoms with Crippen molar-refractivity contribution in [3.63, 3.8) is 0 Å². The van der Waals surface area contributed by atoms with Gasteiger partial charge in [-0.25, -0.2) is 0 Å². The Bertz CT molecular complexity index is 301. The maximum atomic E-state index is 11.2. The van der Waals surface area contributed by atoms with Crippen molar-refractivity contribution in [3.05, 3.63) is 23.5 Å². The molecule has 16 heavy (non-hydrogen) atoms. The van der Waals surface area contributed by atoms with E-state index < -0.39 is 7.60 Å². The second kappa shape index (κ2) is 7.05. The summed E-state index contributed by atoms with van der Waals surface area (Å²) in [6, 6.07) is 0. The summed E-state index contributed by atoms with van der Waals surface area (Å²) in [6.45, 7) is 0. The number of rotatable bonds is 1. The van der Waals surface area contributed by atoms with Gasteiger partial charge in [-0.05, 0) is 25.7 Å². The Morgan fingerprint density at radius 3 is 2.31 bits per heavy atom. The van der Waals surface area contributed by atoms with Crippen molar-refractivity contribution in [2.45, 2.75) is 51.4 Å². The molecule has 4 heteroatoms. The molecule has 1 rings (SSSR count). The predicted molar refractivity (Wildman–Crippen MR) is 66.2 cm³/mol. The fourth-order valence-corrected chi connectivity index (χ4v) is 2.61. The fraction of sp³-hybridized carbons (Fsp3) is 0.667. The van der Waals surface area contributed by atoms with E-state index in [1.807, 2.05) is 6.08 Å². The monoisotopic (exact) mass is 244 g/mol. The predicted octanol–water partition coefficient (Wildman–Crippen LogP) is 3.74. The van der Waals surface area contributed by atoms with Crippen LogP contribution in [0.2, 0.25) is 0 Å². The first-order valence-corrected chi connectivity index (χ1v) is 7.64. The quantitative estimate of drug-likeness (QED) is 0.691. The summed E-state index contributed by atoms with van der Waals surface area (Å²) in [5.41, 5.74) is 0. The van der Waals surface area contributed by atoms with Gasteiger partial charge in [-0.2, -0.15) is 0 Å². The maximum Gasteiger partial charge on any atom is 0.352 e. The van der Waals surface area contributed by atoms with E-state index in [9.17, 15) is 4.57 Å². The summed E-state index contributed by atoms with van der Waals surface area (Å²) in [5.74, 6) is 0. The van der Waals surface area contributed by atoms with Crippen LogP contribution in [0.25, 0.3) is 0 Å². The first kappa shape index (κ1) is 13.7. The van der Waals surface area contributed by atoms with Crippen molar-refractivity contribution in [1.29, 1.82) is 0 Å². The first-order chi connectivity index (χ1) is 7.61. The second-order valence-corrected chi connectivity index (χ2v) is 5.95. The Balaban J connectivity index is 2.65. The molecule has 0 aromatic carbocycles. The van der Waals surface area contributed by atoms with Gasteiger partial charge in [-0.3, -0.25) is 4.57 Å². The van der Waals surface area contributed by atoms with E-state index in [2.05, 4.69) is 0 Å². The van der Waals surface area contributed by atoms with Crippen molar-refractivity contribution < 1.29 is 14.4 Å². The summed E-state index contributed by atoms with van der Waals surface area (Å²) in [6.07, 6.45) is 13.7. The molecule has 0 unspecified atom stereocenters. The van der Waals surface area contributed by atoms with Gasteiger partial charge >= 0.3 is 7.60 Å². The Hall–Kier alpha value is -0.370. The normalized spacial score (nSPS) is 20.8. The third kappa shape index (κ3) is 5.64. The number of hydrogen-bond donors (Lipinski definition) is 2. The van der Waals surface area contributed by atoms with Gasteiger partial charge in [0.1, 0.15) is 0 Å². The Kier molecular flexibility index (Phi) is 6.04. The molecule has 0 radical (unpaired) electrons. The van der Waals surface area contributed by atoms with Crippen LogP contribution in [0.4, 0.5) is 0 Å². The van der Waals surface area contributed by atoms with E-state index in [1.165, 1.54) is 25.7 Å². The average molecular weight is 244 g/mol. The molecule has 0 saturated heterocycles. The largest absolute Gasteiger partial charge is 0.352 e. The number of allylic oxidation sites excluding steroid dienone is 4. The van der Waals surface area contributed by atoms with E-state index in [-0.39, 0.29) is 5.31 Å². The summed E-state index contributed by atoms with van der Waals surface area (Å²) in [4.78, 5) is 18.3. The van der Waals surface area contributed by atoms with E-state index >= 15 is 0 Å². The lowest BCUT2D eigenvalue weighted by Crippen LogP contribution is -1.88. The molecule has 0 heterocycles. The zero-order chi connectivity index (χ0) is 11.9. The lowest BCUT2D eigenvalue weighted by Gasteiger charge is -2.09. The highest BCUT2D eigenvalue weighted by molar-refractivity contribution is 7.56. The molecular weight excluding hydrogens is 223 g/mol. The van der Waals surface area contributed by atoms with Crippen LogP contribution < -0.4 is 0 Å². The molecule has 0 aliphatic heterocycles. The van der Waals surface area contributed by atoms with Crippen LogP contribution in [0.1, 0.15) is 51.4 Å². The molecule has 0 bridgehead atoms. The summed E-state index contributed by atoms with van der Waals surface area (Å²) < 4.78 is 11.2. The van der Waals surface area contributed by atoms with Gasteiger partial charge in [0.25, 0.3) is 0 Å². The minimum atomic E-state index is -4.04. The lowest BCUT2D eigenvalue weighted by atomic mass is 10.1. The third-order valence-corrected chi connectivity index (χ3v) is 3.97. The summed E-state index contributed by atoms with van der Waals surface area (Å²) >= 11 is 0.